The normalized spacial score (nSPS) is 11.9. The van der Waals surface area contributed by atoms with E-state index in [9.17, 15) is 9.59 Å². The van der Waals surface area contributed by atoms with Crippen molar-refractivity contribution >= 4 is 11.9 Å². The summed E-state index contributed by atoms with van der Waals surface area (Å²) in [6.45, 7) is 2.11. The number of aromatic nitrogens is 3. The highest BCUT2D eigenvalue weighted by molar-refractivity contribution is 5.94. The Hall–Kier alpha value is -2.70. The molecular formula is C14H16N4O3. The first-order chi connectivity index (χ1) is 10.1. The van der Waals surface area contributed by atoms with Gasteiger partial charge in [0.2, 0.25) is 0 Å². The lowest BCUT2D eigenvalue weighted by Gasteiger charge is -2.10. The summed E-state index contributed by atoms with van der Waals surface area (Å²) in [7, 11) is 0. The van der Waals surface area contributed by atoms with E-state index in [2.05, 4.69) is 15.6 Å². The topological polar surface area (TPSA) is 97.1 Å². The van der Waals surface area contributed by atoms with Crippen LogP contribution < -0.4 is 5.32 Å². The van der Waals surface area contributed by atoms with Crippen LogP contribution in [0.25, 0.3) is 5.69 Å². The molecule has 1 unspecified atom stereocenters. The van der Waals surface area contributed by atoms with E-state index in [1.54, 1.807) is 48.3 Å². The fraction of sp³-hybridized carbons (Fsp3) is 0.286. The Morgan fingerprint density at radius 3 is 2.62 bits per heavy atom. The van der Waals surface area contributed by atoms with Gasteiger partial charge in [-0.25, -0.2) is 4.68 Å². The van der Waals surface area contributed by atoms with Gasteiger partial charge in [0, 0.05) is 18.5 Å². The van der Waals surface area contributed by atoms with Crippen LogP contribution in [0, 0.1) is 5.92 Å². The smallest absolute Gasteiger partial charge is 0.303 e. The zero-order valence-electron chi connectivity index (χ0n) is 11.6. The van der Waals surface area contributed by atoms with Gasteiger partial charge in [-0.3, -0.25) is 9.59 Å². The summed E-state index contributed by atoms with van der Waals surface area (Å²) in [6.07, 6.45) is 3.32. The van der Waals surface area contributed by atoms with Crippen LogP contribution in [0.2, 0.25) is 0 Å². The van der Waals surface area contributed by atoms with E-state index >= 15 is 0 Å². The molecule has 0 radical (unpaired) electrons. The number of carboxylic acids is 1. The van der Waals surface area contributed by atoms with Crippen LogP contribution in [-0.2, 0) is 4.79 Å². The third kappa shape index (κ3) is 4.13. The van der Waals surface area contributed by atoms with Gasteiger partial charge in [-0.2, -0.15) is 0 Å². The van der Waals surface area contributed by atoms with Crippen LogP contribution in [0.1, 0.15) is 23.7 Å². The molecular weight excluding hydrogens is 272 g/mol. The Morgan fingerprint density at radius 1 is 1.33 bits per heavy atom. The van der Waals surface area contributed by atoms with Crippen molar-refractivity contribution in [3.05, 3.63) is 42.2 Å². The van der Waals surface area contributed by atoms with Gasteiger partial charge in [0.1, 0.15) is 0 Å². The van der Waals surface area contributed by atoms with Gasteiger partial charge >= 0.3 is 5.97 Å². The number of carbonyl (C=O) groups excluding carboxylic acids is 1. The summed E-state index contributed by atoms with van der Waals surface area (Å²) < 4.78 is 1.59. The van der Waals surface area contributed by atoms with E-state index in [0.29, 0.717) is 12.1 Å². The monoisotopic (exact) mass is 288 g/mol. The SMILES string of the molecule is CC(CNC(=O)c1ccc(-n2ccnn2)cc1)CC(=O)O. The molecule has 0 spiro atoms. The fourth-order valence-corrected chi connectivity index (χ4v) is 1.85. The van der Waals surface area contributed by atoms with E-state index in [4.69, 9.17) is 5.11 Å². The molecule has 0 aliphatic carbocycles. The van der Waals surface area contributed by atoms with Crippen LogP contribution in [0.3, 0.4) is 0 Å². The van der Waals surface area contributed by atoms with Crippen molar-refractivity contribution in [3.63, 3.8) is 0 Å². The summed E-state index contributed by atoms with van der Waals surface area (Å²) >= 11 is 0. The molecule has 1 heterocycles. The Morgan fingerprint density at radius 2 is 2.05 bits per heavy atom. The lowest BCUT2D eigenvalue weighted by atomic mass is 10.1. The minimum Gasteiger partial charge on any atom is -0.481 e. The third-order valence-electron chi connectivity index (χ3n) is 2.95. The Bertz CT molecular complexity index is 608. The molecule has 2 rings (SSSR count). The molecule has 7 heteroatoms. The fourth-order valence-electron chi connectivity index (χ4n) is 1.85. The van der Waals surface area contributed by atoms with E-state index in [1.165, 1.54) is 0 Å². The molecule has 0 aliphatic heterocycles. The Balaban J connectivity index is 1.92. The second kappa shape index (κ2) is 6.65. The number of carbonyl (C=O) groups is 2. The predicted molar refractivity (Wildman–Crippen MR) is 75.1 cm³/mol. The largest absolute Gasteiger partial charge is 0.481 e. The Labute approximate surface area is 121 Å². The van der Waals surface area contributed by atoms with Crippen molar-refractivity contribution in [2.24, 2.45) is 5.92 Å². The summed E-state index contributed by atoms with van der Waals surface area (Å²) in [5.74, 6) is -1.20. The summed E-state index contributed by atoms with van der Waals surface area (Å²) in [5.41, 5.74) is 1.32. The predicted octanol–water partition coefficient (Wildman–Crippen LogP) is 1.11. The average molecular weight is 288 g/mol. The molecule has 2 aromatic rings. The summed E-state index contributed by atoms with van der Waals surface area (Å²) in [5, 5.41) is 19.0. The lowest BCUT2D eigenvalue weighted by Crippen LogP contribution is -2.29. The Kier molecular flexibility index (Phi) is 4.65. The maximum absolute atomic E-state index is 11.9. The highest BCUT2D eigenvalue weighted by atomic mass is 16.4. The molecule has 1 atom stereocenters. The van der Waals surface area contributed by atoms with Gasteiger partial charge in [-0.15, -0.1) is 5.10 Å². The number of nitrogens with one attached hydrogen (secondary N) is 1. The molecule has 110 valence electrons. The zero-order chi connectivity index (χ0) is 15.2. The number of rotatable bonds is 6. The van der Waals surface area contributed by atoms with Crippen LogP contribution in [0.4, 0.5) is 0 Å². The van der Waals surface area contributed by atoms with Gasteiger partial charge in [0.25, 0.3) is 5.91 Å². The number of carboxylic acid groups (broad SMARTS) is 1. The number of amides is 1. The zero-order valence-corrected chi connectivity index (χ0v) is 11.6. The maximum Gasteiger partial charge on any atom is 0.303 e. The molecule has 7 nitrogen and oxygen atoms in total. The second-order valence-corrected chi connectivity index (χ2v) is 4.81. The van der Waals surface area contributed by atoms with Gasteiger partial charge in [-0.05, 0) is 30.2 Å². The first kappa shape index (κ1) is 14.7. The molecule has 0 saturated carbocycles. The lowest BCUT2D eigenvalue weighted by molar-refractivity contribution is -0.137. The van der Waals surface area contributed by atoms with Crippen molar-refractivity contribution in [1.82, 2.24) is 20.3 Å². The molecule has 0 aliphatic rings. The third-order valence-corrected chi connectivity index (χ3v) is 2.95. The van der Waals surface area contributed by atoms with Crippen molar-refractivity contribution in [2.45, 2.75) is 13.3 Å². The number of aliphatic carboxylic acids is 1. The van der Waals surface area contributed by atoms with Crippen LogP contribution in [0.5, 0.6) is 0 Å². The van der Waals surface area contributed by atoms with Crippen LogP contribution in [-0.4, -0.2) is 38.5 Å². The molecule has 0 fully saturated rings. The standard InChI is InChI=1S/C14H16N4O3/c1-10(8-13(19)20)9-15-14(21)11-2-4-12(5-3-11)18-7-6-16-17-18/h2-7,10H,8-9H2,1H3,(H,15,21)(H,19,20). The van der Waals surface area contributed by atoms with Gasteiger partial charge in [0.15, 0.2) is 0 Å². The minimum absolute atomic E-state index is 0.0333. The van der Waals surface area contributed by atoms with E-state index in [1.807, 2.05) is 0 Å². The van der Waals surface area contributed by atoms with Gasteiger partial charge in [0.05, 0.1) is 18.1 Å². The van der Waals surface area contributed by atoms with Crippen molar-refractivity contribution in [1.29, 1.82) is 0 Å². The molecule has 0 bridgehead atoms. The summed E-state index contributed by atoms with van der Waals surface area (Å²) in [4.78, 5) is 22.5. The summed E-state index contributed by atoms with van der Waals surface area (Å²) in [6, 6.07) is 6.91. The van der Waals surface area contributed by atoms with Crippen LogP contribution in [0.15, 0.2) is 36.7 Å². The molecule has 21 heavy (non-hydrogen) atoms. The van der Waals surface area contributed by atoms with Crippen molar-refractivity contribution in [2.75, 3.05) is 6.54 Å². The minimum atomic E-state index is -0.867. The highest BCUT2D eigenvalue weighted by Gasteiger charge is 2.10. The quantitative estimate of drug-likeness (QED) is 0.829. The van der Waals surface area contributed by atoms with Crippen LogP contribution >= 0.6 is 0 Å². The van der Waals surface area contributed by atoms with E-state index < -0.39 is 5.97 Å². The average Bonchev–Trinajstić information content (AvgIpc) is 2.98. The molecule has 2 N–H and O–H groups in total. The molecule has 1 amide bonds. The molecule has 1 aromatic heterocycles. The highest BCUT2D eigenvalue weighted by Crippen LogP contribution is 2.08. The van der Waals surface area contributed by atoms with E-state index in [-0.39, 0.29) is 18.2 Å². The molecule has 1 aromatic carbocycles. The number of hydrogen-bond acceptors (Lipinski definition) is 4. The number of hydrogen-bond donors (Lipinski definition) is 2. The first-order valence-electron chi connectivity index (χ1n) is 6.53. The van der Waals surface area contributed by atoms with Gasteiger partial charge in [-0.1, -0.05) is 12.1 Å². The number of benzene rings is 1. The van der Waals surface area contributed by atoms with Gasteiger partial charge < -0.3 is 10.4 Å². The number of nitrogens with zero attached hydrogens (tertiary/aromatic N) is 3. The second-order valence-electron chi connectivity index (χ2n) is 4.81. The maximum atomic E-state index is 11.9. The van der Waals surface area contributed by atoms with Crippen molar-refractivity contribution in [3.8, 4) is 5.69 Å². The first-order valence-corrected chi connectivity index (χ1v) is 6.53. The van der Waals surface area contributed by atoms with E-state index in [0.717, 1.165) is 5.69 Å². The molecule has 0 saturated heterocycles. The van der Waals surface area contributed by atoms with Crippen molar-refractivity contribution < 1.29 is 14.7 Å².